The molecule has 4 rings (SSSR count). The fraction of sp³-hybridized carbons (Fsp3) is 0.136. The summed E-state index contributed by atoms with van der Waals surface area (Å²) in [4.78, 5) is 13.9. The van der Waals surface area contributed by atoms with E-state index in [9.17, 15) is 18.0 Å². The molecule has 3 aromatic carbocycles. The maximum absolute atomic E-state index is 12.4. The van der Waals surface area contributed by atoms with Crippen LogP contribution < -0.4 is 14.4 Å². The lowest BCUT2D eigenvalue weighted by molar-refractivity contribution is -0.274. The van der Waals surface area contributed by atoms with E-state index < -0.39 is 6.36 Å². The molecule has 1 aliphatic heterocycles. The molecule has 148 valence electrons. The molecule has 0 aromatic heterocycles. The van der Waals surface area contributed by atoms with Gasteiger partial charge in [-0.1, -0.05) is 30.3 Å². The molecule has 0 unspecified atom stereocenters. The summed E-state index contributed by atoms with van der Waals surface area (Å²) in [6.07, 6.45) is -4.72. The van der Waals surface area contributed by atoms with Crippen molar-refractivity contribution in [3.8, 4) is 17.2 Å². The summed E-state index contributed by atoms with van der Waals surface area (Å²) < 4.78 is 46.9. The molecule has 0 bridgehead atoms. The molecule has 1 aliphatic rings. The molecular formula is C22H16F3NO3. The lowest BCUT2D eigenvalue weighted by atomic mass is 10.1. The summed E-state index contributed by atoms with van der Waals surface area (Å²) >= 11 is 0. The summed E-state index contributed by atoms with van der Waals surface area (Å²) in [6.45, 7) is 0.316. The minimum atomic E-state index is -4.76. The zero-order valence-electron chi connectivity index (χ0n) is 15.1. The fourth-order valence-corrected chi connectivity index (χ4v) is 3.20. The molecular weight excluding hydrogens is 383 g/mol. The topological polar surface area (TPSA) is 38.8 Å². The van der Waals surface area contributed by atoms with Crippen LogP contribution in [-0.4, -0.2) is 12.3 Å². The van der Waals surface area contributed by atoms with Gasteiger partial charge in [-0.05, 0) is 53.6 Å². The zero-order valence-corrected chi connectivity index (χ0v) is 15.1. The summed E-state index contributed by atoms with van der Waals surface area (Å²) in [6, 6.07) is 20.6. The first-order chi connectivity index (χ1) is 13.9. The Kier molecular flexibility index (Phi) is 4.88. The average molecular weight is 399 g/mol. The predicted molar refractivity (Wildman–Crippen MR) is 101 cm³/mol. The van der Waals surface area contributed by atoms with Gasteiger partial charge in [0.25, 0.3) is 0 Å². The number of hydrogen-bond donors (Lipinski definition) is 0. The Bertz CT molecular complexity index is 1020. The van der Waals surface area contributed by atoms with Crippen LogP contribution in [0.4, 0.5) is 18.9 Å². The number of hydrogen-bond acceptors (Lipinski definition) is 3. The molecule has 0 N–H and O–H groups in total. The smallest absolute Gasteiger partial charge is 0.457 e. The van der Waals surface area contributed by atoms with Gasteiger partial charge in [-0.3, -0.25) is 4.79 Å². The van der Waals surface area contributed by atoms with Gasteiger partial charge in [-0.25, -0.2) is 0 Å². The second kappa shape index (κ2) is 7.50. The number of benzene rings is 3. The standard InChI is InChI=1S/C22H16F3NO3/c23-22(24,25)29-19-10-11-20-16(12-19)13-21(27)26(20)14-15-6-8-18(9-7-15)28-17-4-2-1-3-5-17/h1-12H,13-14H2. The number of carbonyl (C=O) groups is 1. The number of rotatable bonds is 5. The monoisotopic (exact) mass is 399 g/mol. The van der Waals surface area contributed by atoms with Crippen molar-refractivity contribution >= 4 is 11.6 Å². The average Bonchev–Trinajstić information content (AvgIpc) is 2.97. The highest BCUT2D eigenvalue weighted by molar-refractivity contribution is 6.01. The SMILES string of the molecule is O=C1Cc2cc(OC(F)(F)F)ccc2N1Cc1ccc(Oc2ccccc2)cc1. The van der Waals surface area contributed by atoms with Crippen LogP contribution in [0.15, 0.2) is 72.8 Å². The number of amides is 1. The molecule has 29 heavy (non-hydrogen) atoms. The highest BCUT2D eigenvalue weighted by Gasteiger charge is 2.33. The van der Waals surface area contributed by atoms with Crippen molar-refractivity contribution in [2.45, 2.75) is 19.3 Å². The molecule has 1 amide bonds. The molecule has 0 saturated heterocycles. The lowest BCUT2D eigenvalue weighted by Crippen LogP contribution is -2.25. The quantitative estimate of drug-likeness (QED) is 0.571. The molecule has 0 radical (unpaired) electrons. The van der Waals surface area contributed by atoms with Crippen LogP contribution in [0.2, 0.25) is 0 Å². The number of alkyl halides is 3. The predicted octanol–water partition coefficient (Wildman–Crippen LogP) is 5.47. The minimum Gasteiger partial charge on any atom is -0.457 e. The van der Waals surface area contributed by atoms with Crippen LogP contribution in [0.25, 0.3) is 0 Å². The van der Waals surface area contributed by atoms with E-state index in [2.05, 4.69) is 4.74 Å². The number of carbonyl (C=O) groups excluding carboxylic acids is 1. The Morgan fingerprint density at radius 2 is 1.52 bits per heavy atom. The number of ether oxygens (including phenoxy) is 2. The largest absolute Gasteiger partial charge is 0.573 e. The first-order valence-electron chi connectivity index (χ1n) is 8.88. The van der Waals surface area contributed by atoms with Crippen LogP contribution in [0.1, 0.15) is 11.1 Å². The molecule has 1 heterocycles. The summed E-state index contributed by atoms with van der Waals surface area (Å²) in [7, 11) is 0. The third-order valence-corrected chi connectivity index (χ3v) is 4.46. The number of nitrogens with zero attached hydrogens (tertiary/aromatic N) is 1. The summed E-state index contributed by atoms with van der Waals surface area (Å²) in [5.41, 5.74) is 1.98. The van der Waals surface area contributed by atoms with Crippen molar-refractivity contribution in [1.82, 2.24) is 0 Å². The van der Waals surface area contributed by atoms with Gasteiger partial charge in [0.05, 0.1) is 13.0 Å². The highest BCUT2D eigenvalue weighted by Crippen LogP contribution is 2.35. The van der Waals surface area contributed by atoms with Crippen molar-refractivity contribution in [3.63, 3.8) is 0 Å². The van der Waals surface area contributed by atoms with E-state index in [1.54, 1.807) is 4.90 Å². The second-order valence-corrected chi connectivity index (χ2v) is 6.55. The molecule has 0 fully saturated rings. The summed E-state index contributed by atoms with van der Waals surface area (Å²) in [5.74, 6) is 0.893. The number of fused-ring (bicyclic) bond motifs is 1. The van der Waals surface area contributed by atoms with Gasteiger partial charge in [0.2, 0.25) is 5.91 Å². The van der Waals surface area contributed by atoms with Crippen molar-refractivity contribution < 1.29 is 27.4 Å². The van der Waals surface area contributed by atoms with Crippen LogP contribution in [0.5, 0.6) is 17.2 Å². The normalized spacial score (nSPS) is 13.3. The van der Waals surface area contributed by atoms with E-state index in [4.69, 9.17) is 4.74 Å². The third-order valence-electron chi connectivity index (χ3n) is 4.46. The van der Waals surface area contributed by atoms with E-state index in [1.807, 2.05) is 54.6 Å². The van der Waals surface area contributed by atoms with E-state index in [-0.39, 0.29) is 18.1 Å². The van der Waals surface area contributed by atoms with Gasteiger partial charge in [0.15, 0.2) is 0 Å². The molecule has 0 spiro atoms. The van der Waals surface area contributed by atoms with Crippen LogP contribution in [-0.2, 0) is 17.8 Å². The third kappa shape index (κ3) is 4.51. The van der Waals surface area contributed by atoms with Crippen LogP contribution in [0.3, 0.4) is 0 Å². The Morgan fingerprint density at radius 1 is 0.862 bits per heavy atom. The molecule has 3 aromatic rings. The Balaban J connectivity index is 1.47. The van der Waals surface area contributed by atoms with E-state index in [1.165, 1.54) is 18.2 Å². The van der Waals surface area contributed by atoms with Gasteiger partial charge in [0, 0.05) is 5.69 Å². The molecule has 7 heteroatoms. The van der Waals surface area contributed by atoms with Gasteiger partial charge in [0.1, 0.15) is 17.2 Å². The van der Waals surface area contributed by atoms with Gasteiger partial charge in [-0.15, -0.1) is 13.2 Å². The number of anilines is 1. The van der Waals surface area contributed by atoms with Crippen molar-refractivity contribution in [2.24, 2.45) is 0 Å². The first kappa shape index (κ1) is 18.9. The van der Waals surface area contributed by atoms with Crippen molar-refractivity contribution in [3.05, 3.63) is 83.9 Å². The number of para-hydroxylation sites is 1. The van der Waals surface area contributed by atoms with Crippen molar-refractivity contribution in [1.29, 1.82) is 0 Å². The van der Waals surface area contributed by atoms with Crippen molar-refractivity contribution in [2.75, 3.05) is 4.90 Å². The molecule has 0 atom stereocenters. The van der Waals surface area contributed by atoms with Crippen LogP contribution in [0, 0.1) is 0 Å². The minimum absolute atomic E-state index is 0.0413. The Hall–Kier alpha value is -3.48. The Labute approximate surface area is 165 Å². The number of halogens is 3. The van der Waals surface area contributed by atoms with Crippen LogP contribution >= 0.6 is 0 Å². The lowest BCUT2D eigenvalue weighted by Gasteiger charge is -2.18. The highest BCUT2D eigenvalue weighted by atomic mass is 19.4. The second-order valence-electron chi connectivity index (χ2n) is 6.55. The maximum Gasteiger partial charge on any atom is 0.573 e. The fourth-order valence-electron chi connectivity index (χ4n) is 3.20. The molecule has 4 nitrogen and oxygen atoms in total. The zero-order chi connectivity index (χ0) is 20.4. The summed E-state index contributed by atoms with van der Waals surface area (Å²) in [5, 5.41) is 0. The Morgan fingerprint density at radius 3 is 2.21 bits per heavy atom. The van der Waals surface area contributed by atoms with Gasteiger partial charge in [-0.2, -0.15) is 0 Å². The maximum atomic E-state index is 12.4. The van der Waals surface area contributed by atoms with Gasteiger partial charge >= 0.3 is 6.36 Å². The van der Waals surface area contributed by atoms with E-state index in [0.29, 0.717) is 23.5 Å². The molecule has 0 saturated carbocycles. The molecule has 0 aliphatic carbocycles. The van der Waals surface area contributed by atoms with E-state index in [0.717, 1.165) is 11.3 Å². The van der Waals surface area contributed by atoms with E-state index >= 15 is 0 Å². The first-order valence-corrected chi connectivity index (χ1v) is 8.88. The van der Waals surface area contributed by atoms with Gasteiger partial charge < -0.3 is 14.4 Å².